The van der Waals surface area contributed by atoms with E-state index >= 15 is 0 Å². The number of carbonyl (C=O) groups is 1. The summed E-state index contributed by atoms with van der Waals surface area (Å²) < 4.78 is 0. The molecule has 7 N–H and O–H groups in total. The summed E-state index contributed by atoms with van der Waals surface area (Å²) in [5.74, 6) is 8.00. The third-order valence-electron chi connectivity index (χ3n) is 4.99. The number of rotatable bonds is 4. The van der Waals surface area contributed by atoms with Gasteiger partial charge in [-0.05, 0) is 60.9 Å². The largest absolute Gasteiger partial charge is 0.395 e. The van der Waals surface area contributed by atoms with Crippen LogP contribution in [0.4, 0.5) is 17.1 Å². The summed E-state index contributed by atoms with van der Waals surface area (Å²) in [7, 11) is 5.89. The van der Waals surface area contributed by atoms with E-state index in [2.05, 4.69) is 66.1 Å². The maximum atomic E-state index is 10.5. The van der Waals surface area contributed by atoms with Gasteiger partial charge in [-0.2, -0.15) is 0 Å². The average Bonchev–Trinajstić information content (AvgIpc) is 2.93. The van der Waals surface area contributed by atoms with Crippen molar-refractivity contribution >= 4 is 36.0 Å². The number of nitrogens with two attached hydrogens (primary N) is 3. The summed E-state index contributed by atoms with van der Waals surface area (Å²) in [5, 5.41) is 3.08. The number of hydrogen-bond donors (Lipinski definition) is 4. The lowest BCUT2D eigenvalue weighted by Crippen LogP contribution is -2.08. The average molecular weight is 493 g/mol. The molecule has 0 spiro atoms. The van der Waals surface area contributed by atoms with Gasteiger partial charge in [0.1, 0.15) is 6.29 Å². The Morgan fingerprint density at radius 2 is 1.37 bits per heavy atom. The number of nitrogens with one attached hydrogen (secondary N) is 1. The zero-order valence-corrected chi connectivity index (χ0v) is 21.7. The van der Waals surface area contributed by atoms with Gasteiger partial charge in [0.2, 0.25) is 0 Å². The van der Waals surface area contributed by atoms with E-state index < -0.39 is 0 Å². The van der Waals surface area contributed by atoms with Gasteiger partial charge in [0, 0.05) is 44.1 Å². The van der Waals surface area contributed by atoms with Crippen LogP contribution >= 0.6 is 0 Å². The van der Waals surface area contributed by atoms with Crippen LogP contribution in [0.25, 0.3) is 11.1 Å². The number of anilines is 3. The van der Waals surface area contributed by atoms with Crippen LogP contribution in [-0.4, -0.2) is 27.4 Å². The Bertz CT molecular complexity index is 1050. The third kappa shape index (κ3) is 11.0. The molecule has 0 fully saturated rings. The standard InChI is InChI=1S/C14H13NO.C8H12N2S.C6H8.H4N2/c1-15-14-8-6-13(7-9-14)12-4-2-11(10-16)3-5-12;1-10(2)6-3-4-7(9)8(11)5-6;1-2-4-6-5-3-1;1-2/h2-10,15H,1H3;3-5,11H,9H2,1-2H3;1-4H,5-6H2;1-2H2/p+1. The number of hydrogen-bond acceptors (Lipinski definition) is 6. The minimum absolute atomic E-state index is 0.704. The van der Waals surface area contributed by atoms with Crippen molar-refractivity contribution in [2.75, 3.05) is 37.1 Å². The topological polar surface area (TPSA) is 110 Å². The summed E-state index contributed by atoms with van der Waals surface area (Å²) in [6, 6.07) is 21.6. The molecule has 1 aliphatic carbocycles. The molecule has 3 aromatic carbocycles. The van der Waals surface area contributed by atoms with Crippen molar-refractivity contribution in [2.45, 2.75) is 17.7 Å². The molecule has 0 unspecified atom stereocenters. The van der Waals surface area contributed by atoms with E-state index in [0.29, 0.717) is 5.56 Å². The lowest BCUT2D eigenvalue weighted by Gasteiger charge is -2.11. The first-order valence-electron chi connectivity index (χ1n) is 11.2. The summed E-state index contributed by atoms with van der Waals surface area (Å²) in [4.78, 5) is 13.5. The molecule has 0 bridgehead atoms. The zero-order chi connectivity index (χ0) is 26.1. The maximum absolute atomic E-state index is 10.5. The number of carbonyl (C=O) groups excluding carboxylic acids is 1. The second-order valence-corrected chi connectivity index (χ2v) is 8.21. The van der Waals surface area contributed by atoms with Gasteiger partial charge >= 0.3 is 0 Å². The molecular formula is C28H38N5OS+. The lowest BCUT2D eigenvalue weighted by atomic mass is 10.0. The van der Waals surface area contributed by atoms with E-state index in [1.54, 1.807) is 0 Å². The van der Waals surface area contributed by atoms with Crippen LogP contribution in [0.5, 0.6) is 0 Å². The van der Waals surface area contributed by atoms with Gasteiger partial charge < -0.3 is 16.0 Å². The summed E-state index contributed by atoms with van der Waals surface area (Å²) in [6.45, 7) is 0. The zero-order valence-electron chi connectivity index (χ0n) is 20.7. The highest BCUT2D eigenvalue weighted by Crippen LogP contribution is 2.21. The molecule has 0 atom stereocenters. The van der Waals surface area contributed by atoms with Gasteiger partial charge in [-0.25, -0.2) is 0 Å². The molecule has 0 aromatic heterocycles. The van der Waals surface area contributed by atoms with Crippen LogP contribution in [0.15, 0.2) is 95.9 Å². The van der Waals surface area contributed by atoms with Crippen molar-refractivity contribution in [2.24, 2.45) is 11.7 Å². The molecule has 0 radical (unpaired) electrons. The van der Waals surface area contributed by atoms with Crippen molar-refractivity contribution in [1.82, 2.24) is 0 Å². The van der Waals surface area contributed by atoms with Crippen molar-refractivity contribution in [3.63, 3.8) is 0 Å². The first-order chi connectivity index (χ1) is 16.9. The number of benzene rings is 3. The molecule has 0 saturated heterocycles. The fraction of sp³-hybridized carbons (Fsp3) is 0.179. The molecule has 35 heavy (non-hydrogen) atoms. The molecule has 6 nitrogen and oxygen atoms in total. The SMILES string of the molecule is C1=CCCC=C1.CN(C)c1ccc(N)c([SH2+])c1.CNc1ccc(-c2ccc(C=O)cc2)cc1.NN. The number of nitrogen functional groups attached to an aromatic ring is 1. The van der Waals surface area contributed by atoms with Gasteiger partial charge in [-0.15, -0.1) is 0 Å². The molecular weight excluding hydrogens is 454 g/mol. The van der Waals surface area contributed by atoms with E-state index in [1.807, 2.05) is 80.6 Å². The van der Waals surface area contributed by atoms with Crippen molar-refractivity contribution < 1.29 is 4.79 Å². The fourth-order valence-corrected chi connectivity index (χ4v) is 3.18. The van der Waals surface area contributed by atoms with Crippen LogP contribution in [0.2, 0.25) is 0 Å². The number of allylic oxidation sites excluding steroid dienone is 4. The minimum atomic E-state index is 0.704. The van der Waals surface area contributed by atoms with Gasteiger partial charge in [0.15, 0.2) is 4.90 Å². The van der Waals surface area contributed by atoms with Crippen molar-refractivity contribution in [3.05, 3.63) is 96.6 Å². The minimum Gasteiger partial charge on any atom is -0.395 e. The highest BCUT2D eigenvalue weighted by Gasteiger charge is 2.02. The molecule has 7 heteroatoms. The number of nitrogens with zero attached hydrogens (tertiary/aromatic N) is 1. The van der Waals surface area contributed by atoms with E-state index in [4.69, 9.17) is 5.73 Å². The summed E-state index contributed by atoms with van der Waals surface area (Å²) in [5.41, 5.74) is 11.6. The van der Waals surface area contributed by atoms with E-state index in [1.165, 1.54) is 12.8 Å². The normalized spacial score (nSPS) is 10.9. The molecule has 1 aliphatic rings. The van der Waals surface area contributed by atoms with Crippen LogP contribution in [0.3, 0.4) is 0 Å². The van der Waals surface area contributed by atoms with Gasteiger partial charge in [-0.1, -0.05) is 60.7 Å². The highest BCUT2D eigenvalue weighted by molar-refractivity contribution is 7.59. The van der Waals surface area contributed by atoms with Crippen molar-refractivity contribution in [3.8, 4) is 11.1 Å². The Morgan fingerprint density at radius 3 is 1.74 bits per heavy atom. The second kappa shape index (κ2) is 17.0. The van der Waals surface area contributed by atoms with Gasteiger partial charge in [0.05, 0.1) is 5.69 Å². The van der Waals surface area contributed by atoms with Crippen LogP contribution in [0.1, 0.15) is 23.2 Å². The van der Waals surface area contributed by atoms with E-state index in [0.717, 1.165) is 39.4 Å². The summed E-state index contributed by atoms with van der Waals surface area (Å²) in [6.07, 6.45) is 11.9. The highest BCUT2D eigenvalue weighted by atomic mass is 32.1. The Morgan fingerprint density at radius 1 is 0.857 bits per heavy atom. The van der Waals surface area contributed by atoms with E-state index in [-0.39, 0.29) is 0 Å². The molecule has 0 heterocycles. The fourth-order valence-electron chi connectivity index (χ4n) is 2.95. The van der Waals surface area contributed by atoms with Crippen molar-refractivity contribution in [1.29, 1.82) is 0 Å². The summed E-state index contributed by atoms with van der Waals surface area (Å²) >= 11 is 3.41. The molecule has 3 aromatic rings. The first-order valence-corrected chi connectivity index (χ1v) is 11.7. The smallest absolute Gasteiger partial charge is 0.175 e. The Hall–Kier alpha value is -3.52. The Labute approximate surface area is 214 Å². The monoisotopic (exact) mass is 492 g/mol. The molecule has 4 rings (SSSR count). The Kier molecular flexibility index (Phi) is 14.3. The third-order valence-corrected chi connectivity index (χ3v) is 5.42. The van der Waals surface area contributed by atoms with Crippen LogP contribution < -0.4 is 27.6 Å². The molecule has 0 aliphatic heterocycles. The maximum Gasteiger partial charge on any atom is 0.175 e. The van der Waals surface area contributed by atoms with Crippen LogP contribution in [-0.2, 0) is 12.6 Å². The predicted octanol–water partition coefficient (Wildman–Crippen LogP) is 4.62. The molecule has 0 amide bonds. The molecule has 186 valence electrons. The first kappa shape index (κ1) is 29.5. The second-order valence-electron chi connectivity index (χ2n) is 7.67. The van der Waals surface area contributed by atoms with Gasteiger partial charge in [0.25, 0.3) is 0 Å². The Balaban J connectivity index is 0.000000278. The van der Waals surface area contributed by atoms with Crippen LogP contribution in [0, 0.1) is 0 Å². The lowest BCUT2D eigenvalue weighted by molar-refractivity contribution is 0.112. The van der Waals surface area contributed by atoms with E-state index in [9.17, 15) is 4.79 Å². The quantitative estimate of drug-likeness (QED) is 0.139. The predicted molar refractivity (Wildman–Crippen MR) is 156 cm³/mol. The van der Waals surface area contributed by atoms with Gasteiger partial charge in [-0.3, -0.25) is 16.5 Å². The number of aldehydes is 1. The number of hydrazine groups is 1. The molecule has 0 saturated carbocycles.